The maximum absolute atomic E-state index is 12.3. The van der Waals surface area contributed by atoms with Gasteiger partial charge in [-0.1, -0.05) is 6.92 Å². The van der Waals surface area contributed by atoms with Crippen LogP contribution in [0.5, 0.6) is 0 Å². The standard InChI is InChI=1S/C13H19N3O/c1-3-6-16(12-8-14-9-12)13(17)11-5-4-10(2)15-7-11/h4-5,7,12,14H,3,6,8-9H2,1-2H3. The van der Waals surface area contributed by atoms with E-state index in [2.05, 4.69) is 17.2 Å². The molecule has 1 aliphatic rings. The highest BCUT2D eigenvalue weighted by Gasteiger charge is 2.28. The molecule has 2 rings (SSSR count). The smallest absolute Gasteiger partial charge is 0.255 e. The van der Waals surface area contributed by atoms with Crippen LogP contribution in [0.2, 0.25) is 0 Å². The van der Waals surface area contributed by atoms with Crippen LogP contribution in [0.3, 0.4) is 0 Å². The molecule has 0 saturated carbocycles. The summed E-state index contributed by atoms with van der Waals surface area (Å²) in [6, 6.07) is 4.10. The summed E-state index contributed by atoms with van der Waals surface area (Å²) in [4.78, 5) is 18.5. The molecule has 0 radical (unpaired) electrons. The van der Waals surface area contributed by atoms with Crippen molar-refractivity contribution >= 4 is 5.91 Å². The van der Waals surface area contributed by atoms with Crippen molar-refractivity contribution in [1.29, 1.82) is 0 Å². The van der Waals surface area contributed by atoms with Gasteiger partial charge in [-0.25, -0.2) is 0 Å². The van der Waals surface area contributed by atoms with E-state index in [1.165, 1.54) is 0 Å². The average molecular weight is 233 g/mol. The Bertz CT molecular complexity index is 384. The molecule has 4 nitrogen and oxygen atoms in total. The van der Waals surface area contributed by atoms with Crippen molar-refractivity contribution in [3.8, 4) is 0 Å². The largest absolute Gasteiger partial charge is 0.333 e. The molecule has 4 heteroatoms. The molecule has 1 amide bonds. The van der Waals surface area contributed by atoms with Gasteiger partial charge < -0.3 is 10.2 Å². The number of nitrogens with zero attached hydrogens (tertiary/aromatic N) is 2. The van der Waals surface area contributed by atoms with E-state index in [1.54, 1.807) is 6.20 Å². The summed E-state index contributed by atoms with van der Waals surface area (Å²) in [5.74, 6) is 0.103. The Kier molecular flexibility index (Phi) is 3.74. The summed E-state index contributed by atoms with van der Waals surface area (Å²) in [6.45, 7) is 6.66. The highest BCUT2D eigenvalue weighted by atomic mass is 16.2. The van der Waals surface area contributed by atoms with Crippen LogP contribution in [-0.4, -0.2) is 41.5 Å². The van der Waals surface area contributed by atoms with E-state index in [4.69, 9.17) is 0 Å². The summed E-state index contributed by atoms with van der Waals surface area (Å²) >= 11 is 0. The number of nitrogens with one attached hydrogen (secondary N) is 1. The normalized spacial score (nSPS) is 15.4. The van der Waals surface area contributed by atoms with E-state index in [0.717, 1.165) is 31.7 Å². The Morgan fingerprint density at radius 3 is 2.76 bits per heavy atom. The summed E-state index contributed by atoms with van der Waals surface area (Å²) in [6.07, 6.45) is 2.66. The topological polar surface area (TPSA) is 45.2 Å². The number of amides is 1. The Labute approximate surface area is 102 Å². The molecule has 0 unspecified atom stereocenters. The van der Waals surface area contributed by atoms with Crippen LogP contribution < -0.4 is 5.32 Å². The SMILES string of the molecule is CCCN(C(=O)c1ccc(C)nc1)C1CNC1. The van der Waals surface area contributed by atoms with E-state index in [1.807, 2.05) is 24.0 Å². The van der Waals surface area contributed by atoms with Crippen LogP contribution in [-0.2, 0) is 0 Å². The minimum atomic E-state index is 0.103. The van der Waals surface area contributed by atoms with E-state index < -0.39 is 0 Å². The van der Waals surface area contributed by atoms with Gasteiger partial charge in [0.2, 0.25) is 0 Å². The number of hydrogen-bond donors (Lipinski definition) is 1. The Morgan fingerprint density at radius 2 is 2.29 bits per heavy atom. The van der Waals surface area contributed by atoms with Gasteiger partial charge in [-0.05, 0) is 25.5 Å². The minimum absolute atomic E-state index is 0.103. The third-order valence-corrected chi connectivity index (χ3v) is 3.08. The number of carbonyl (C=O) groups excluding carboxylic acids is 1. The van der Waals surface area contributed by atoms with Gasteiger partial charge in [0.1, 0.15) is 0 Å². The second-order valence-electron chi connectivity index (χ2n) is 4.50. The van der Waals surface area contributed by atoms with Gasteiger partial charge in [-0.15, -0.1) is 0 Å². The first-order valence-corrected chi connectivity index (χ1v) is 6.16. The third-order valence-electron chi connectivity index (χ3n) is 3.08. The molecule has 1 aromatic rings. The lowest BCUT2D eigenvalue weighted by atomic mass is 10.1. The highest BCUT2D eigenvalue weighted by molar-refractivity contribution is 5.94. The number of aromatic nitrogens is 1. The number of hydrogen-bond acceptors (Lipinski definition) is 3. The second-order valence-corrected chi connectivity index (χ2v) is 4.50. The molecule has 17 heavy (non-hydrogen) atoms. The molecule has 0 aliphatic carbocycles. The maximum Gasteiger partial charge on any atom is 0.255 e. The van der Waals surface area contributed by atoms with Crippen LogP contribution in [0, 0.1) is 6.92 Å². The number of aryl methyl sites for hydroxylation is 1. The third kappa shape index (κ3) is 2.64. The monoisotopic (exact) mass is 233 g/mol. The minimum Gasteiger partial charge on any atom is -0.333 e. The summed E-state index contributed by atoms with van der Waals surface area (Å²) in [5.41, 5.74) is 1.63. The Morgan fingerprint density at radius 1 is 1.53 bits per heavy atom. The molecule has 0 aromatic carbocycles. The predicted octanol–water partition coefficient (Wildman–Crippen LogP) is 1.21. The molecular formula is C13H19N3O. The van der Waals surface area contributed by atoms with Crippen molar-refractivity contribution in [1.82, 2.24) is 15.2 Å². The zero-order valence-electron chi connectivity index (χ0n) is 10.4. The van der Waals surface area contributed by atoms with E-state index in [-0.39, 0.29) is 5.91 Å². The van der Waals surface area contributed by atoms with Crippen LogP contribution >= 0.6 is 0 Å². The van der Waals surface area contributed by atoms with Gasteiger partial charge >= 0.3 is 0 Å². The van der Waals surface area contributed by atoms with Crippen LogP contribution in [0.1, 0.15) is 29.4 Å². The van der Waals surface area contributed by atoms with E-state index in [9.17, 15) is 4.79 Å². The molecule has 92 valence electrons. The molecule has 1 fully saturated rings. The summed E-state index contributed by atoms with van der Waals surface area (Å²) < 4.78 is 0. The Hall–Kier alpha value is -1.42. The predicted molar refractivity (Wildman–Crippen MR) is 67.0 cm³/mol. The fourth-order valence-corrected chi connectivity index (χ4v) is 1.94. The quantitative estimate of drug-likeness (QED) is 0.850. The van der Waals surface area contributed by atoms with Gasteiger partial charge in [-0.2, -0.15) is 0 Å². The van der Waals surface area contributed by atoms with E-state index >= 15 is 0 Å². The first kappa shape index (κ1) is 12.0. The molecule has 1 N–H and O–H groups in total. The molecule has 2 heterocycles. The lowest BCUT2D eigenvalue weighted by molar-refractivity contribution is 0.0615. The molecule has 1 saturated heterocycles. The zero-order chi connectivity index (χ0) is 12.3. The molecule has 0 bridgehead atoms. The highest BCUT2D eigenvalue weighted by Crippen LogP contribution is 2.12. The van der Waals surface area contributed by atoms with Gasteiger partial charge in [0.25, 0.3) is 5.91 Å². The number of carbonyl (C=O) groups is 1. The average Bonchev–Trinajstić information content (AvgIpc) is 2.26. The van der Waals surface area contributed by atoms with Crippen molar-refractivity contribution in [2.45, 2.75) is 26.3 Å². The van der Waals surface area contributed by atoms with E-state index in [0.29, 0.717) is 11.6 Å². The summed E-state index contributed by atoms with van der Waals surface area (Å²) in [5, 5.41) is 3.21. The lowest BCUT2D eigenvalue weighted by Gasteiger charge is -2.38. The molecular weight excluding hydrogens is 214 g/mol. The fourth-order valence-electron chi connectivity index (χ4n) is 1.94. The zero-order valence-corrected chi connectivity index (χ0v) is 10.4. The fraction of sp³-hybridized carbons (Fsp3) is 0.538. The van der Waals surface area contributed by atoms with Crippen molar-refractivity contribution < 1.29 is 4.79 Å². The van der Waals surface area contributed by atoms with Crippen molar-refractivity contribution in [2.75, 3.05) is 19.6 Å². The van der Waals surface area contributed by atoms with Crippen molar-refractivity contribution in [3.05, 3.63) is 29.6 Å². The van der Waals surface area contributed by atoms with Crippen LogP contribution in [0.4, 0.5) is 0 Å². The first-order chi connectivity index (χ1) is 8.22. The van der Waals surface area contributed by atoms with Gasteiger partial charge in [0, 0.05) is 31.5 Å². The van der Waals surface area contributed by atoms with Crippen molar-refractivity contribution in [2.24, 2.45) is 0 Å². The second kappa shape index (κ2) is 5.27. The first-order valence-electron chi connectivity index (χ1n) is 6.16. The van der Waals surface area contributed by atoms with Crippen LogP contribution in [0.15, 0.2) is 18.3 Å². The number of rotatable bonds is 4. The Balaban J connectivity index is 2.12. The van der Waals surface area contributed by atoms with Gasteiger partial charge in [-0.3, -0.25) is 9.78 Å². The van der Waals surface area contributed by atoms with Gasteiger partial charge in [0.05, 0.1) is 11.6 Å². The molecule has 1 aliphatic heterocycles. The summed E-state index contributed by atoms with van der Waals surface area (Å²) in [7, 11) is 0. The maximum atomic E-state index is 12.3. The lowest BCUT2D eigenvalue weighted by Crippen LogP contribution is -2.59. The van der Waals surface area contributed by atoms with Crippen LogP contribution in [0.25, 0.3) is 0 Å². The molecule has 0 spiro atoms. The van der Waals surface area contributed by atoms with Gasteiger partial charge in [0.15, 0.2) is 0 Å². The molecule has 1 aromatic heterocycles. The van der Waals surface area contributed by atoms with Crippen molar-refractivity contribution in [3.63, 3.8) is 0 Å². The number of pyridine rings is 1. The molecule has 0 atom stereocenters.